The van der Waals surface area contributed by atoms with Crippen molar-refractivity contribution in [1.82, 2.24) is 0 Å². The van der Waals surface area contributed by atoms with Crippen LogP contribution in [0.3, 0.4) is 0 Å². The van der Waals surface area contributed by atoms with Gasteiger partial charge in [0.1, 0.15) is 30.0 Å². The Bertz CT molecular complexity index is 1090. The molecular weight excluding hydrogens is 396 g/mol. The van der Waals surface area contributed by atoms with E-state index in [1.54, 1.807) is 42.5 Å². The highest BCUT2D eigenvalue weighted by Gasteiger charge is 2.38. The zero-order chi connectivity index (χ0) is 21.8. The van der Waals surface area contributed by atoms with Gasteiger partial charge in [0.05, 0.1) is 31.3 Å². The lowest BCUT2D eigenvalue weighted by Crippen LogP contribution is -2.35. The minimum absolute atomic E-state index is 0.122. The fourth-order valence-corrected chi connectivity index (χ4v) is 3.67. The van der Waals surface area contributed by atoms with Gasteiger partial charge in [0.25, 0.3) is 0 Å². The van der Waals surface area contributed by atoms with Gasteiger partial charge in [-0.05, 0) is 42.5 Å². The lowest BCUT2D eigenvalue weighted by atomic mass is 9.86. The molecule has 0 saturated carbocycles. The van der Waals surface area contributed by atoms with Crippen molar-refractivity contribution in [2.24, 2.45) is 5.92 Å². The van der Waals surface area contributed by atoms with Gasteiger partial charge in [0.2, 0.25) is 0 Å². The van der Waals surface area contributed by atoms with Gasteiger partial charge in [-0.15, -0.1) is 0 Å². The third-order valence-electron chi connectivity index (χ3n) is 5.26. The second kappa shape index (κ2) is 8.92. The maximum absolute atomic E-state index is 13.5. The van der Waals surface area contributed by atoms with E-state index in [1.807, 2.05) is 30.3 Å². The standard InChI is InChI=1S/C25H22O6/c1-28-21-9-5-3-7-18(21)23(26)20-15-30-22-10-6-4-8-19(22)24(20)31-17-13-11-16(12-14-17)25(27)29-2/h3-14,20,24H,15H2,1-2H3. The largest absolute Gasteiger partial charge is 0.496 e. The van der Waals surface area contributed by atoms with E-state index in [9.17, 15) is 9.59 Å². The van der Waals surface area contributed by atoms with E-state index in [4.69, 9.17) is 18.9 Å². The summed E-state index contributed by atoms with van der Waals surface area (Å²) in [5.41, 5.74) is 1.69. The number of ketones is 1. The first-order valence-corrected chi connectivity index (χ1v) is 9.86. The second-order valence-corrected chi connectivity index (χ2v) is 7.07. The fourth-order valence-electron chi connectivity index (χ4n) is 3.67. The minimum atomic E-state index is -0.577. The van der Waals surface area contributed by atoms with E-state index in [0.717, 1.165) is 5.56 Å². The SMILES string of the molecule is COC(=O)c1ccc(OC2c3ccccc3OCC2C(=O)c2ccccc2OC)cc1. The van der Waals surface area contributed by atoms with Gasteiger partial charge in [0, 0.05) is 5.56 Å². The normalized spacial score (nSPS) is 17.1. The Kier molecular flexibility index (Phi) is 5.89. The number of carbonyl (C=O) groups excluding carboxylic acids is 2. The van der Waals surface area contributed by atoms with Crippen LogP contribution in [-0.2, 0) is 4.74 Å². The summed E-state index contributed by atoms with van der Waals surface area (Å²) in [7, 11) is 2.87. The summed E-state index contributed by atoms with van der Waals surface area (Å²) in [6, 6.07) is 21.3. The molecule has 0 saturated heterocycles. The predicted molar refractivity (Wildman–Crippen MR) is 114 cm³/mol. The van der Waals surface area contributed by atoms with Crippen LogP contribution in [0.4, 0.5) is 0 Å². The fraction of sp³-hybridized carbons (Fsp3) is 0.200. The smallest absolute Gasteiger partial charge is 0.337 e. The monoisotopic (exact) mass is 418 g/mol. The highest BCUT2D eigenvalue weighted by Crippen LogP contribution is 2.40. The Balaban J connectivity index is 1.68. The number of Topliss-reactive ketones (excluding diaryl/α,β-unsaturated/α-hetero) is 1. The molecule has 6 nitrogen and oxygen atoms in total. The third-order valence-corrected chi connectivity index (χ3v) is 5.26. The molecule has 0 bridgehead atoms. The van der Waals surface area contributed by atoms with Gasteiger partial charge in [-0.2, -0.15) is 0 Å². The number of para-hydroxylation sites is 2. The molecule has 1 aliphatic rings. The zero-order valence-corrected chi connectivity index (χ0v) is 17.2. The van der Waals surface area contributed by atoms with E-state index in [1.165, 1.54) is 14.2 Å². The van der Waals surface area contributed by atoms with Gasteiger partial charge in [-0.25, -0.2) is 4.79 Å². The summed E-state index contributed by atoms with van der Waals surface area (Å²) in [5.74, 6) is 0.601. The second-order valence-electron chi connectivity index (χ2n) is 7.07. The van der Waals surface area contributed by atoms with E-state index < -0.39 is 18.0 Å². The van der Waals surface area contributed by atoms with Crippen molar-refractivity contribution in [3.63, 3.8) is 0 Å². The molecule has 0 N–H and O–H groups in total. The van der Waals surface area contributed by atoms with Crippen LogP contribution in [0.1, 0.15) is 32.4 Å². The van der Waals surface area contributed by atoms with Crippen LogP contribution in [0, 0.1) is 5.92 Å². The Labute approximate surface area is 180 Å². The van der Waals surface area contributed by atoms with Crippen molar-refractivity contribution < 1.29 is 28.5 Å². The summed E-state index contributed by atoms with van der Waals surface area (Å²) in [5, 5.41) is 0. The number of hydrogen-bond donors (Lipinski definition) is 0. The molecule has 0 aliphatic carbocycles. The quantitative estimate of drug-likeness (QED) is 0.434. The predicted octanol–water partition coefficient (Wildman–Crippen LogP) is 4.49. The van der Waals surface area contributed by atoms with Crippen molar-refractivity contribution in [2.75, 3.05) is 20.8 Å². The Morgan fingerprint density at radius 1 is 0.903 bits per heavy atom. The molecule has 1 aliphatic heterocycles. The van der Waals surface area contributed by atoms with Crippen molar-refractivity contribution >= 4 is 11.8 Å². The van der Waals surface area contributed by atoms with Gasteiger partial charge in [-0.3, -0.25) is 4.79 Å². The molecule has 158 valence electrons. The highest BCUT2D eigenvalue weighted by molar-refractivity contribution is 6.01. The maximum atomic E-state index is 13.5. The molecule has 31 heavy (non-hydrogen) atoms. The Morgan fingerprint density at radius 3 is 2.35 bits per heavy atom. The number of esters is 1. The molecule has 3 aromatic carbocycles. The van der Waals surface area contributed by atoms with E-state index in [2.05, 4.69) is 0 Å². The van der Waals surface area contributed by atoms with E-state index >= 15 is 0 Å². The molecule has 2 unspecified atom stereocenters. The molecule has 0 spiro atoms. The maximum Gasteiger partial charge on any atom is 0.337 e. The summed E-state index contributed by atoms with van der Waals surface area (Å²) < 4.78 is 22.3. The number of carbonyl (C=O) groups is 2. The number of benzene rings is 3. The third kappa shape index (κ3) is 4.10. The average Bonchev–Trinajstić information content (AvgIpc) is 2.83. The molecule has 1 heterocycles. The minimum Gasteiger partial charge on any atom is -0.496 e. The first-order chi connectivity index (χ1) is 15.1. The van der Waals surface area contributed by atoms with Gasteiger partial charge < -0.3 is 18.9 Å². The van der Waals surface area contributed by atoms with Crippen LogP contribution in [-0.4, -0.2) is 32.6 Å². The molecule has 2 atom stereocenters. The van der Waals surface area contributed by atoms with Crippen LogP contribution in [0.15, 0.2) is 72.8 Å². The first kappa shape index (κ1) is 20.5. The van der Waals surface area contributed by atoms with Crippen LogP contribution < -0.4 is 14.2 Å². The summed E-state index contributed by atoms with van der Waals surface area (Å²) in [6.45, 7) is 0.179. The molecule has 4 rings (SSSR count). The topological polar surface area (TPSA) is 71.1 Å². The van der Waals surface area contributed by atoms with Gasteiger partial charge in [-0.1, -0.05) is 30.3 Å². The number of ether oxygens (including phenoxy) is 4. The lowest BCUT2D eigenvalue weighted by Gasteiger charge is -2.33. The number of methoxy groups -OCH3 is 2. The summed E-state index contributed by atoms with van der Waals surface area (Å²) in [4.78, 5) is 25.2. The van der Waals surface area contributed by atoms with Crippen LogP contribution in [0.5, 0.6) is 17.2 Å². The number of fused-ring (bicyclic) bond motifs is 1. The molecule has 6 heteroatoms. The average molecular weight is 418 g/mol. The van der Waals surface area contributed by atoms with E-state index in [0.29, 0.717) is 28.4 Å². The first-order valence-electron chi connectivity index (χ1n) is 9.86. The highest BCUT2D eigenvalue weighted by atomic mass is 16.5. The Hall–Kier alpha value is -3.80. The molecule has 0 radical (unpaired) electrons. The van der Waals surface area contributed by atoms with Crippen molar-refractivity contribution in [3.8, 4) is 17.2 Å². The Morgan fingerprint density at radius 2 is 1.61 bits per heavy atom. The number of rotatable bonds is 6. The molecular formula is C25H22O6. The number of hydrogen-bond acceptors (Lipinski definition) is 6. The van der Waals surface area contributed by atoms with Gasteiger partial charge >= 0.3 is 5.97 Å². The van der Waals surface area contributed by atoms with Crippen LogP contribution in [0.25, 0.3) is 0 Å². The van der Waals surface area contributed by atoms with Crippen molar-refractivity contribution in [2.45, 2.75) is 6.10 Å². The molecule has 0 fully saturated rings. The van der Waals surface area contributed by atoms with Crippen LogP contribution in [0.2, 0.25) is 0 Å². The van der Waals surface area contributed by atoms with Gasteiger partial charge in [0.15, 0.2) is 5.78 Å². The molecule has 0 amide bonds. The van der Waals surface area contributed by atoms with Crippen LogP contribution >= 0.6 is 0 Å². The summed E-state index contributed by atoms with van der Waals surface area (Å²) >= 11 is 0. The molecule has 3 aromatic rings. The van der Waals surface area contributed by atoms with E-state index in [-0.39, 0.29) is 12.4 Å². The zero-order valence-electron chi connectivity index (χ0n) is 17.2. The lowest BCUT2D eigenvalue weighted by molar-refractivity contribution is 0.0515. The van der Waals surface area contributed by atoms with Crippen molar-refractivity contribution in [3.05, 3.63) is 89.5 Å². The van der Waals surface area contributed by atoms with Crippen molar-refractivity contribution in [1.29, 1.82) is 0 Å². The molecule has 0 aromatic heterocycles. The summed E-state index contributed by atoms with van der Waals surface area (Å²) in [6.07, 6.45) is -0.564.